The van der Waals surface area contributed by atoms with E-state index in [1.807, 2.05) is 41.0 Å². The van der Waals surface area contributed by atoms with Crippen molar-refractivity contribution in [3.63, 3.8) is 0 Å². The zero-order valence-corrected chi connectivity index (χ0v) is 14.6. The van der Waals surface area contributed by atoms with Crippen molar-refractivity contribution in [2.45, 2.75) is 45.1 Å². The maximum absolute atomic E-state index is 12.7. The summed E-state index contributed by atoms with van der Waals surface area (Å²) < 4.78 is 4.31. The molecular weight excluding hydrogens is 300 g/mol. The summed E-state index contributed by atoms with van der Waals surface area (Å²) in [5.74, 6) is 2.61. The summed E-state index contributed by atoms with van der Waals surface area (Å²) in [4.78, 5) is 19.3. The first-order chi connectivity index (χ1) is 11.6. The van der Waals surface area contributed by atoms with Crippen LogP contribution in [0.1, 0.15) is 53.6 Å². The molecule has 1 saturated carbocycles. The molecule has 0 bridgehead atoms. The second-order valence-corrected chi connectivity index (χ2v) is 7.41. The number of aromatic nitrogens is 3. The fourth-order valence-electron chi connectivity index (χ4n) is 3.98. The lowest BCUT2D eigenvalue weighted by molar-refractivity contribution is 0.0776. The SMILES string of the molecule is Cc1cnc(C2CCC2)n1CC1CCN(C(=O)c2cccn2C)C1. The van der Waals surface area contributed by atoms with Crippen LogP contribution in [-0.4, -0.2) is 38.0 Å². The molecule has 5 heteroatoms. The second kappa shape index (κ2) is 6.11. The number of hydrogen-bond acceptors (Lipinski definition) is 2. The summed E-state index contributed by atoms with van der Waals surface area (Å²) in [6, 6.07) is 3.84. The maximum Gasteiger partial charge on any atom is 0.270 e. The Bertz CT molecular complexity index is 740. The van der Waals surface area contributed by atoms with Gasteiger partial charge in [0.1, 0.15) is 11.5 Å². The molecule has 1 saturated heterocycles. The van der Waals surface area contributed by atoms with Gasteiger partial charge in [0.2, 0.25) is 0 Å². The molecular formula is C19H26N4O. The van der Waals surface area contributed by atoms with E-state index in [9.17, 15) is 4.79 Å². The number of amides is 1. The fraction of sp³-hybridized carbons (Fsp3) is 0.579. The quantitative estimate of drug-likeness (QED) is 0.867. The standard InChI is InChI=1S/C19H26N4O/c1-14-11-20-18(16-5-3-6-16)23(14)13-15-8-10-22(12-15)19(24)17-7-4-9-21(17)2/h4,7,9,11,15-16H,3,5-6,8,10,12-13H2,1-2H3. The van der Waals surface area contributed by atoms with Crippen LogP contribution in [0.25, 0.3) is 0 Å². The molecule has 2 aromatic heterocycles. The normalized spacial score (nSPS) is 21.2. The third kappa shape index (κ3) is 2.66. The molecule has 0 N–H and O–H groups in total. The molecule has 1 aliphatic carbocycles. The first-order valence-corrected chi connectivity index (χ1v) is 9.06. The minimum absolute atomic E-state index is 0.159. The van der Waals surface area contributed by atoms with Crippen LogP contribution in [0.2, 0.25) is 0 Å². The van der Waals surface area contributed by atoms with Gasteiger partial charge in [0, 0.05) is 50.7 Å². The number of likely N-dealkylation sites (tertiary alicyclic amines) is 1. The second-order valence-electron chi connectivity index (χ2n) is 7.41. The summed E-state index contributed by atoms with van der Waals surface area (Å²) in [6.45, 7) is 4.86. The molecule has 5 nitrogen and oxygen atoms in total. The molecule has 2 aliphatic rings. The first-order valence-electron chi connectivity index (χ1n) is 9.06. The van der Waals surface area contributed by atoms with Gasteiger partial charge in [-0.1, -0.05) is 6.42 Å². The molecule has 24 heavy (non-hydrogen) atoms. The Morgan fingerprint density at radius 2 is 2.17 bits per heavy atom. The Labute approximate surface area is 143 Å². The zero-order valence-electron chi connectivity index (χ0n) is 14.6. The number of imidazole rings is 1. The topological polar surface area (TPSA) is 43.1 Å². The van der Waals surface area contributed by atoms with Crippen LogP contribution in [-0.2, 0) is 13.6 Å². The summed E-state index contributed by atoms with van der Waals surface area (Å²) in [5, 5.41) is 0. The van der Waals surface area contributed by atoms with E-state index in [1.165, 1.54) is 30.8 Å². The summed E-state index contributed by atoms with van der Waals surface area (Å²) in [6.07, 6.45) is 8.91. The van der Waals surface area contributed by atoms with Gasteiger partial charge < -0.3 is 14.0 Å². The van der Waals surface area contributed by atoms with Gasteiger partial charge >= 0.3 is 0 Å². The van der Waals surface area contributed by atoms with Gasteiger partial charge in [-0.25, -0.2) is 4.98 Å². The van der Waals surface area contributed by atoms with E-state index in [1.54, 1.807) is 0 Å². The lowest BCUT2D eigenvalue weighted by Gasteiger charge is -2.27. The highest BCUT2D eigenvalue weighted by molar-refractivity contribution is 5.92. The third-order valence-corrected chi connectivity index (χ3v) is 5.73. The summed E-state index contributed by atoms with van der Waals surface area (Å²) in [5.41, 5.74) is 2.04. The highest BCUT2D eigenvalue weighted by atomic mass is 16.2. The van der Waals surface area contributed by atoms with Crippen LogP contribution in [0.3, 0.4) is 0 Å². The van der Waals surface area contributed by atoms with Gasteiger partial charge in [0.15, 0.2) is 0 Å². The largest absolute Gasteiger partial charge is 0.347 e. The number of carbonyl (C=O) groups is 1. The molecule has 2 fully saturated rings. The molecule has 1 aliphatic heterocycles. The lowest BCUT2D eigenvalue weighted by Crippen LogP contribution is -2.30. The molecule has 2 aromatic rings. The van der Waals surface area contributed by atoms with Crippen molar-refractivity contribution >= 4 is 5.91 Å². The Kier molecular flexibility index (Phi) is 3.94. The average molecular weight is 326 g/mol. The van der Waals surface area contributed by atoms with Crippen LogP contribution in [0.4, 0.5) is 0 Å². The molecule has 0 spiro atoms. The van der Waals surface area contributed by atoms with Gasteiger partial charge in [-0.2, -0.15) is 0 Å². The molecule has 1 amide bonds. The Morgan fingerprint density at radius 3 is 2.83 bits per heavy atom. The van der Waals surface area contributed by atoms with Crippen molar-refractivity contribution in [3.05, 3.63) is 41.7 Å². The van der Waals surface area contributed by atoms with Gasteiger partial charge in [0.05, 0.1) is 0 Å². The van der Waals surface area contributed by atoms with E-state index in [0.29, 0.717) is 11.8 Å². The number of nitrogens with zero attached hydrogens (tertiary/aromatic N) is 4. The van der Waals surface area contributed by atoms with Crippen LogP contribution >= 0.6 is 0 Å². The lowest BCUT2D eigenvalue weighted by atomic mass is 9.84. The molecule has 1 unspecified atom stereocenters. The number of carbonyl (C=O) groups excluding carboxylic acids is 1. The Morgan fingerprint density at radius 1 is 1.33 bits per heavy atom. The molecule has 4 rings (SSSR count). The van der Waals surface area contributed by atoms with Crippen molar-refractivity contribution < 1.29 is 4.79 Å². The number of aryl methyl sites for hydroxylation is 2. The first kappa shape index (κ1) is 15.5. The van der Waals surface area contributed by atoms with E-state index in [-0.39, 0.29) is 5.91 Å². The predicted octanol–water partition coefficient (Wildman–Crippen LogP) is 2.96. The van der Waals surface area contributed by atoms with Crippen molar-refractivity contribution in [2.75, 3.05) is 13.1 Å². The third-order valence-electron chi connectivity index (χ3n) is 5.73. The predicted molar refractivity (Wildman–Crippen MR) is 93.0 cm³/mol. The molecule has 1 atom stereocenters. The van der Waals surface area contributed by atoms with Crippen molar-refractivity contribution in [2.24, 2.45) is 13.0 Å². The number of hydrogen-bond donors (Lipinski definition) is 0. The molecule has 0 radical (unpaired) electrons. The van der Waals surface area contributed by atoms with Crippen molar-refractivity contribution in [1.82, 2.24) is 19.0 Å². The minimum Gasteiger partial charge on any atom is -0.347 e. The fourth-order valence-corrected chi connectivity index (χ4v) is 3.98. The van der Waals surface area contributed by atoms with Crippen LogP contribution < -0.4 is 0 Å². The van der Waals surface area contributed by atoms with E-state index in [0.717, 1.165) is 31.7 Å². The van der Waals surface area contributed by atoms with Gasteiger partial charge in [0.25, 0.3) is 5.91 Å². The van der Waals surface area contributed by atoms with E-state index < -0.39 is 0 Å². The zero-order chi connectivity index (χ0) is 16.7. The highest BCUT2D eigenvalue weighted by Crippen LogP contribution is 2.36. The van der Waals surface area contributed by atoms with Crippen molar-refractivity contribution in [1.29, 1.82) is 0 Å². The van der Waals surface area contributed by atoms with Gasteiger partial charge in [-0.15, -0.1) is 0 Å². The summed E-state index contributed by atoms with van der Waals surface area (Å²) in [7, 11) is 1.93. The van der Waals surface area contributed by atoms with Crippen LogP contribution in [0.15, 0.2) is 24.5 Å². The van der Waals surface area contributed by atoms with Crippen LogP contribution in [0, 0.1) is 12.8 Å². The smallest absolute Gasteiger partial charge is 0.270 e. The van der Waals surface area contributed by atoms with Crippen molar-refractivity contribution in [3.8, 4) is 0 Å². The van der Waals surface area contributed by atoms with Gasteiger partial charge in [-0.3, -0.25) is 4.79 Å². The van der Waals surface area contributed by atoms with E-state index in [4.69, 9.17) is 0 Å². The average Bonchev–Trinajstić information content (AvgIpc) is 3.22. The monoisotopic (exact) mass is 326 g/mol. The minimum atomic E-state index is 0.159. The summed E-state index contributed by atoms with van der Waals surface area (Å²) >= 11 is 0. The van der Waals surface area contributed by atoms with Gasteiger partial charge in [-0.05, 0) is 44.2 Å². The maximum atomic E-state index is 12.7. The highest BCUT2D eigenvalue weighted by Gasteiger charge is 2.30. The molecule has 3 heterocycles. The van der Waals surface area contributed by atoms with E-state index >= 15 is 0 Å². The Hall–Kier alpha value is -2.04. The molecule has 128 valence electrons. The molecule has 0 aromatic carbocycles. The van der Waals surface area contributed by atoms with Crippen LogP contribution in [0.5, 0.6) is 0 Å². The van der Waals surface area contributed by atoms with E-state index in [2.05, 4.69) is 16.5 Å². The Balaban J connectivity index is 1.44. The number of rotatable bonds is 4.